The van der Waals surface area contributed by atoms with Crippen molar-refractivity contribution in [2.75, 3.05) is 49.9 Å². The Morgan fingerprint density at radius 1 is 1.21 bits per heavy atom. The molecule has 2 N–H and O–H groups in total. The third-order valence-electron chi connectivity index (χ3n) is 5.94. The van der Waals surface area contributed by atoms with Crippen molar-refractivity contribution in [2.24, 2.45) is 0 Å². The first-order valence-electron chi connectivity index (χ1n) is 10.9. The zero-order valence-corrected chi connectivity index (χ0v) is 18.2. The van der Waals surface area contributed by atoms with E-state index in [0.717, 1.165) is 13.3 Å². The maximum absolute atomic E-state index is 13.3. The minimum absolute atomic E-state index is 0.0461. The fourth-order valence-electron chi connectivity index (χ4n) is 4.43. The first-order valence-corrected chi connectivity index (χ1v) is 10.9. The van der Waals surface area contributed by atoms with E-state index >= 15 is 0 Å². The van der Waals surface area contributed by atoms with Gasteiger partial charge in [-0.05, 0) is 25.0 Å². The average Bonchev–Trinajstić information content (AvgIpc) is 3.52. The molecule has 0 aliphatic carbocycles. The molecule has 13 heteroatoms. The highest BCUT2D eigenvalue weighted by atomic mass is 19.3. The van der Waals surface area contributed by atoms with Crippen LogP contribution < -0.4 is 10.6 Å². The number of hydrogen-bond donors (Lipinski definition) is 1. The number of halogens is 2. The number of amides is 1. The summed E-state index contributed by atoms with van der Waals surface area (Å²) in [7, 11) is 0. The molecule has 3 aromatic rings. The van der Waals surface area contributed by atoms with Crippen LogP contribution in [0.2, 0.25) is 0 Å². The molecule has 2 fully saturated rings. The summed E-state index contributed by atoms with van der Waals surface area (Å²) in [6.45, 7) is 2.90. The van der Waals surface area contributed by atoms with E-state index in [0.29, 0.717) is 56.7 Å². The lowest BCUT2D eigenvalue weighted by molar-refractivity contribution is -0.134. The molecule has 5 rings (SSSR count). The molecule has 1 amide bonds. The second-order valence-electron chi connectivity index (χ2n) is 8.53. The lowest BCUT2D eigenvalue weighted by atomic mass is 10.1. The summed E-state index contributed by atoms with van der Waals surface area (Å²) >= 11 is 0. The summed E-state index contributed by atoms with van der Waals surface area (Å²) in [5.74, 6) is -1.29. The third-order valence-corrected chi connectivity index (χ3v) is 5.94. The van der Waals surface area contributed by atoms with Crippen LogP contribution in [-0.4, -0.2) is 91.5 Å². The van der Waals surface area contributed by atoms with Gasteiger partial charge in [-0.2, -0.15) is 19.5 Å². The van der Waals surface area contributed by atoms with E-state index < -0.39 is 12.0 Å². The van der Waals surface area contributed by atoms with Crippen LogP contribution in [0, 0.1) is 0 Å². The van der Waals surface area contributed by atoms with Crippen molar-refractivity contribution < 1.29 is 18.0 Å². The molecule has 176 valence electrons. The number of carbonyl (C=O) groups excluding carboxylic acids is 1. The van der Waals surface area contributed by atoms with Gasteiger partial charge in [-0.1, -0.05) is 0 Å². The van der Waals surface area contributed by atoms with Crippen LogP contribution in [0.4, 0.5) is 20.7 Å². The first-order chi connectivity index (χ1) is 15.8. The molecule has 3 aromatic heterocycles. The number of alkyl halides is 2. The van der Waals surface area contributed by atoms with Crippen molar-refractivity contribution in [3.63, 3.8) is 0 Å². The zero-order valence-electron chi connectivity index (χ0n) is 18.2. The molecule has 2 aliphatic heterocycles. The predicted octanol–water partition coefficient (Wildman–Crippen LogP) is 1.13. The highest BCUT2D eigenvalue weighted by Crippen LogP contribution is 2.26. The van der Waals surface area contributed by atoms with E-state index in [2.05, 4.69) is 20.1 Å². The minimum atomic E-state index is -2.75. The van der Waals surface area contributed by atoms with Gasteiger partial charge in [0.05, 0.1) is 12.8 Å². The summed E-state index contributed by atoms with van der Waals surface area (Å²) < 4.78 is 33.3. The molecule has 0 bridgehead atoms. The summed E-state index contributed by atoms with van der Waals surface area (Å²) in [6, 6.07) is 3.03. The number of hydrogen-bond acceptors (Lipinski definition) is 9. The van der Waals surface area contributed by atoms with Gasteiger partial charge < -0.3 is 20.0 Å². The largest absolute Gasteiger partial charge is 0.461 e. The van der Waals surface area contributed by atoms with Gasteiger partial charge in [0, 0.05) is 39.6 Å². The van der Waals surface area contributed by atoms with Crippen molar-refractivity contribution in [3.05, 3.63) is 18.4 Å². The molecule has 0 aromatic carbocycles. The SMILES string of the molecule is CC(F)(F)CN1CCN(C(=O)[C@@H]2CCCN2c2nc(N)n3nc(-c4ccco4)nc3n2)CC1. The summed E-state index contributed by atoms with van der Waals surface area (Å²) in [5.41, 5.74) is 6.11. The van der Waals surface area contributed by atoms with Gasteiger partial charge in [0.15, 0.2) is 5.76 Å². The topological polar surface area (TPSA) is 122 Å². The fraction of sp³-hybridized carbons (Fsp3) is 0.550. The third kappa shape index (κ3) is 4.32. The van der Waals surface area contributed by atoms with Crippen LogP contribution in [0.25, 0.3) is 17.4 Å². The molecule has 0 unspecified atom stereocenters. The van der Waals surface area contributed by atoms with Crippen LogP contribution in [-0.2, 0) is 4.79 Å². The van der Waals surface area contributed by atoms with Crippen LogP contribution in [0.3, 0.4) is 0 Å². The van der Waals surface area contributed by atoms with Crippen molar-refractivity contribution >= 4 is 23.6 Å². The van der Waals surface area contributed by atoms with Gasteiger partial charge in [0.1, 0.15) is 6.04 Å². The molecule has 0 spiro atoms. The number of nitrogen functional groups attached to an aromatic ring is 1. The van der Waals surface area contributed by atoms with E-state index in [4.69, 9.17) is 10.2 Å². The van der Waals surface area contributed by atoms with Crippen molar-refractivity contribution in [2.45, 2.75) is 31.7 Å². The summed E-state index contributed by atoms with van der Waals surface area (Å²) in [6.07, 6.45) is 2.98. The minimum Gasteiger partial charge on any atom is -0.461 e. The number of rotatable bonds is 5. The van der Waals surface area contributed by atoms with Gasteiger partial charge in [-0.3, -0.25) is 9.69 Å². The molecular weight excluding hydrogens is 436 g/mol. The van der Waals surface area contributed by atoms with Gasteiger partial charge in [-0.25, -0.2) is 8.78 Å². The monoisotopic (exact) mass is 461 g/mol. The Hall–Kier alpha value is -3.35. The quantitative estimate of drug-likeness (QED) is 0.596. The van der Waals surface area contributed by atoms with Crippen molar-refractivity contribution in [3.8, 4) is 11.6 Å². The van der Waals surface area contributed by atoms with E-state index in [1.165, 1.54) is 10.8 Å². The number of nitrogens with zero attached hydrogens (tertiary/aromatic N) is 8. The van der Waals surface area contributed by atoms with Gasteiger partial charge in [0.2, 0.25) is 23.6 Å². The number of anilines is 2. The molecule has 0 saturated carbocycles. The molecular formula is C20H25F2N9O2. The number of piperazine rings is 1. The average molecular weight is 461 g/mol. The molecule has 2 aliphatic rings. The maximum atomic E-state index is 13.3. The lowest BCUT2D eigenvalue weighted by Crippen LogP contribution is -2.55. The van der Waals surface area contributed by atoms with E-state index in [-0.39, 0.29) is 24.2 Å². The normalized spacial score (nSPS) is 20.2. The predicted molar refractivity (Wildman–Crippen MR) is 115 cm³/mol. The van der Waals surface area contributed by atoms with E-state index in [1.807, 2.05) is 4.90 Å². The zero-order chi connectivity index (χ0) is 23.2. The summed E-state index contributed by atoms with van der Waals surface area (Å²) in [5, 5.41) is 4.29. The highest BCUT2D eigenvalue weighted by molar-refractivity contribution is 5.85. The first kappa shape index (κ1) is 21.5. The number of aromatic nitrogens is 5. The van der Waals surface area contributed by atoms with Crippen molar-refractivity contribution in [1.82, 2.24) is 34.4 Å². The number of fused-ring (bicyclic) bond motifs is 1. The molecule has 33 heavy (non-hydrogen) atoms. The molecule has 5 heterocycles. The van der Waals surface area contributed by atoms with Gasteiger partial charge in [0.25, 0.3) is 11.7 Å². The van der Waals surface area contributed by atoms with Crippen LogP contribution >= 0.6 is 0 Å². The number of carbonyl (C=O) groups is 1. The molecule has 1 atom stereocenters. The van der Waals surface area contributed by atoms with Crippen LogP contribution in [0.1, 0.15) is 19.8 Å². The fourth-order valence-corrected chi connectivity index (χ4v) is 4.43. The smallest absolute Gasteiger partial charge is 0.259 e. The Kier molecular flexibility index (Phi) is 5.35. The molecule has 0 radical (unpaired) electrons. The Bertz CT molecular complexity index is 1140. The number of nitrogens with two attached hydrogens (primary N) is 1. The lowest BCUT2D eigenvalue weighted by Gasteiger charge is -2.38. The standard InChI is InChI=1S/C20H25F2N9O2/c1-20(21,22)12-28-7-9-29(10-8-28)16(32)13-4-2-6-30(13)18-25-17(23)31-19(26-18)24-15(27-31)14-5-3-11-33-14/h3,5,11,13H,2,4,6-10,12H2,1H3,(H2,23,24,25,26,27)/t13-/m0/s1. The van der Waals surface area contributed by atoms with Crippen LogP contribution in [0.5, 0.6) is 0 Å². The second kappa shape index (κ2) is 8.21. The Labute approximate surface area is 188 Å². The maximum Gasteiger partial charge on any atom is 0.259 e. The van der Waals surface area contributed by atoms with Crippen LogP contribution in [0.15, 0.2) is 22.8 Å². The Morgan fingerprint density at radius 3 is 2.70 bits per heavy atom. The van der Waals surface area contributed by atoms with E-state index in [9.17, 15) is 13.6 Å². The number of furan rings is 1. The second-order valence-corrected chi connectivity index (χ2v) is 8.53. The summed E-state index contributed by atoms with van der Waals surface area (Å²) in [4.78, 5) is 31.8. The van der Waals surface area contributed by atoms with Gasteiger partial charge >= 0.3 is 0 Å². The molecule has 11 nitrogen and oxygen atoms in total. The van der Waals surface area contributed by atoms with Gasteiger partial charge in [-0.15, -0.1) is 5.10 Å². The molecule has 2 saturated heterocycles. The van der Waals surface area contributed by atoms with Crippen molar-refractivity contribution in [1.29, 1.82) is 0 Å². The highest BCUT2D eigenvalue weighted by Gasteiger charge is 2.37. The Balaban J connectivity index is 1.33. The Morgan fingerprint density at radius 2 is 2.00 bits per heavy atom. The van der Waals surface area contributed by atoms with E-state index in [1.54, 1.807) is 21.9 Å².